The second-order valence-electron chi connectivity index (χ2n) is 3.26. The lowest BCUT2D eigenvalue weighted by atomic mass is 9.98. The van der Waals surface area contributed by atoms with Crippen LogP contribution in [0.25, 0.3) is 0 Å². The molecule has 0 aliphatic carbocycles. The second-order valence-corrected chi connectivity index (χ2v) is 3.67. The number of ketones is 1. The fourth-order valence-electron chi connectivity index (χ4n) is 1.28. The highest BCUT2D eigenvalue weighted by atomic mass is 31.0. The van der Waals surface area contributed by atoms with Gasteiger partial charge in [0.1, 0.15) is 5.78 Å². The van der Waals surface area contributed by atoms with Crippen LogP contribution in [0.15, 0.2) is 30.3 Å². The first kappa shape index (κ1) is 10.4. The summed E-state index contributed by atoms with van der Waals surface area (Å²) < 4.78 is 0. The summed E-state index contributed by atoms with van der Waals surface area (Å²) in [5.74, 6) is 0.453. The Hall–Kier alpha value is -0.680. The summed E-state index contributed by atoms with van der Waals surface area (Å²) in [5, 5.41) is 0. The molecule has 0 saturated heterocycles. The van der Waals surface area contributed by atoms with Crippen LogP contribution in [0.2, 0.25) is 0 Å². The van der Waals surface area contributed by atoms with Gasteiger partial charge >= 0.3 is 0 Å². The molecule has 1 rings (SSSR count). The summed E-state index contributed by atoms with van der Waals surface area (Å²) in [7, 11) is 2.48. The third-order valence-electron chi connectivity index (χ3n) is 2.14. The summed E-state index contributed by atoms with van der Waals surface area (Å²) in [4.78, 5) is 11.3. The van der Waals surface area contributed by atoms with Crippen LogP contribution in [0.3, 0.4) is 0 Å². The lowest BCUT2D eigenvalue weighted by Crippen LogP contribution is -2.14. The SMILES string of the molecule is CC(Cc1ccccc1)C(=O)CP. The molecule has 70 valence electrons. The lowest BCUT2D eigenvalue weighted by Gasteiger charge is -2.08. The van der Waals surface area contributed by atoms with E-state index < -0.39 is 0 Å². The van der Waals surface area contributed by atoms with E-state index in [0.29, 0.717) is 11.9 Å². The molecule has 0 aromatic heterocycles. The molecule has 2 unspecified atom stereocenters. The van der Waals surface area contributed by atoms with Gasteiger partial charge in [0.25, 0.3) is 0 Å². The molecule has 1 aromatic carbocycles. The summed E-state index contributed by atoms with van der Waals surface area (Å²) in [5.41, 5.74) is 1.24. The van der Waals surface area contributed by atoms with Crippen LogP contribution in [0, 0.1) is 5.92 Å². The van der Waals surface area contributed by atoms with Gasteiger partial charge in [-0.1, -0.05) is 37.3 Å². The van der Waals surface area contributed by atoms with Gasteiger partial charge < -0.3 is 0 Å². The van der Waals surface area contributed by atoms with Crippen molar-refractivity contribution in [3.05, 3.63) is 35.9 Å². The van der Waals surface area contributed by atoms with E-state index in [2.05, 4.69) is 21.4 Å². The maximum Gasteiger partial charge on any atom is 0.139 e. The van der Waals surface area contributed by atoms with Gasteiger partial charge in [-0.05, 0) is 12.0 Å². The van der Waals surface area contributed by atoms with Crippen LogP contribution < -0.4 is 0 Å². The van der Waals surface area contributed by atoms with Gasteiger partial charge in [0, 0.05) is 12.1 Å². The van der Waals surface area contributed by atoms with Crippen LogP contribution in [-0.4, -0.2) is 11.9 Å². The number of rotatable bonds is 4. The van der Waals surface area contributed by atoms with Gasteiger partial charge in [0.2, 0.25) is 0 Å². The topological polar surface area (TPSA) is 17.1 Å². The third-order valence-corrected chi connectivity index (χ3v) is 2.54. The Labute approximate surface area is 81.7 Å². The second kappa shape index (κ2) is 5.14. The van der Waals surface area contributed by atoms with E-state index in [1.807, 2.05) is 25.1 Å². The van der Waals surface area contributed by atoms with Crippen LogP contribution in [0.5, 0.6) is 0 Å². The van der Waals surface area contributed by atoms with E-state index in [-0.39, 0.29) is 5.92 Å². The smallest absolute Gasteiger partial charge is 0.139 e. The number of benzene rings is 1. The molecule has 1 nitrogen and oxygen atoms in total. The van der Waals surface area contributed by atoms with Crippen LogP contribution in [-0.2, 0) is 11.2 Å². The number of carbonyl (C=O) groups excluding carboxylic acids is 1. The first-order valence-corrected chi connectivity index (χ1v) is 5.32. The zero-order valence-corrected chi connectivity index (χ0v) is 9.02. The Morgan fingerprint density at radius 3 is 2.54 bits per heavy atom. The normalized spacial score (nSPS) is 12.5. The molecular weight excluding hydrogens is 179 g/mol. The van der Waals surface area contributed by atoms with Gasteiger partial charge in [-0.3, -0.25) is 4.79 Å². The van der Waals surface area contributed by atoms with Gasteiger partial charge in [0.15, 0.2) is 0 Å². The van der Waals surface area contributed by atoms with Gasteiger partial charge in [0.05, 0.1) is 0 Å². The highest BCUT2D eigenvalue weighted by molar-refractivity contribution is 7.18. The van der Waals surface area contributed by atoms with Crippen LogP contribution in [0.1, 0.15) is 12.5 Å². The van der Waals surface area contributed by atoms with Crippen molar-refractivity contribution in [3.63, 3.8) is 0 Å². The molecule has 2 heteroatoms. The minimum absolute atomic E-state index is 0.139. The zero-order chi connectivity index (χ0) is 9.68. The van der Waals surface area contributed by atoms with Gasteiger partial charge in [-0.25, -0.2) is 0 Å². The zero-order valence-electron chi connectivity index (χ0n) is 7.86. The van der Waals surface area contributed by atoms with Crippen molar-refractivity contribution in [3.8, 4) is 0 Å². The molecule has 0 bridgehead atoms. The minimum Gasteiger partial charge on any atom is -0.299 e. The average molecular weight is 194 g/mol. The largest absolute Gasteiger partial charge is 0.299 e. The minimum atomic E-state index is 0.139. The van der Waals surface area contributed by atoms with E-state index in [1.54, 1.807) is 0 Å². The van der Waals surface area contributed by atoms with Crippen molar-refractivity contribution in [2.24, 2.45) is 5.92 Å². The maximum absolute atomic E-state index is 11.3. The van der Waals surface area contributed by atoms with E-state index in [9.17, 15) is 4.79 Å². The summed E-state index contributed by atoms with van der Waals surface area (Å²) in [6.45, 7) is 1.99. The van der Waals surface area contributed by atoms with Crippen LogP contribution >= 0.6 is 9.24 Å². The number of Topliss-reactive ketones (excluding diaryl/α,β-unsaturated/α-hetero) is 1. The summed E-state index contributed by atoms with van der Waals surface area (Å²) >= 11 is 0. The van der Waals surface area contributed by atoms with Crippen molar-refractivity contribution < 1.29 is 4.79 Å². The number of hydrogen-bond donors (Lipinski definition) is 0. The van der Waals surface area contributed by atoms with Crippen molar-refractivity contribution in [2.75, 3.05) is 6.16 Å². The molecule has 0 radical (unpaired) electrons. The molecule has 0 aliphatic rings. The molecule has 0 spiro atoms. The summed E-state index contributed by atoms with van der Waals surface area (Å²) in [6.07, 6.45) is 1.42. The number of carbonyl (C=O) groups is 1. The predicted octanol–water partition coefficient (Wildman–Crippen LogP) is 2.31. The fourth-order valence-corrected chi connectivity index (χ4v) is 1.69. The average Bonchev–Trinajstić information content (AvgIpc) is 2.18. The Balaban J connectivity index is 2.55. The van der Waals surface area contributed by atoms with Crippen molar-refractivity contribution in [2.45, 2.75) is 13.3 Å². The Bertz CT molecular complexity index is 269. The molecule has 0 N–H and O–H groups in total. The van der Waals surface area contributed by atoms with Gasteiger partial charge in [-0.15, -0.1) is 9.24 Å². The van der Waals surface area contributed by atoms with E-state index >= 15 is 0 Å². The summed E-state index contributed by atoms with van der Waals surface area (Å²) in [6, 6.07) is 10.1. The molecule has 0 saturated carbocycles. The number of hydrogen-bond acceptors (Lipinski definition) is 1. The molecule has 0 fully saturated rings. The fraction of sp³-hybridized carbons (Fsp3) is 0.364. The molecule has 0 amide bonds. The maximum atomic E-state index is 11.3. The van der Waals surface area contributed by atoms with Crippen LogP contribution in [0.4, 0.5) is 0 Å². The first-order chi connectivity index (χ1) is 6.24. The van der Waals surface area contributed by atoms with E-state index in [4.69, 9.17) is 0 Å². The highest BCUT2D eigenvalue weighted by Gasteiger charge is 2.10. The van der Waals surface area contributed by atoms with Crippen molar-refractivity contribution >= 4 is 15.0 Å². The monoisotopic (exact) mass is 194 g/mol. The highest BCUT2D eigenvalue weighted by Crippen LogP contribution is 2.09. The Morgan fingerprint density at radius 1 is 1.38 bits per heavy atom. The van der Waals surface area contributed by atoms with Gasteiger partial charge in [-0.2, -0.15) is 0 Å². The van der Waals surface area contributed by atoms with Crippen molar-refractivity contribution in [1.82, 2.24) is 0 Å². The van der Waals surface area contributed by atoms with Crippen molar-refractivity contribution in [1.29, 1.82) is 0 Å². The molecule has 2 atom stereocenters. The molecule has 0 aliphatic heterocycles. The molecule has 13 heavy (non-hydrogen) atoms. The lowest BCUT2D eigenvalue weighted by molar-refractivity contribution is -0.119. The quantitative estimate of drug-likeness (QED) is 0.672. The Morgan fingerprint density at radius 2 is 2.00 bits per heavy atom. The van der Waals surface area contributed by atoms with E-state index in [1.165, 1.54) is 5.56 Å². The molecule has 0 heterocycles. The third kappa shape index (κ3) is 3.28. The molecule has 1 aromatic rings. The standard InChI is InChI=1S/C11H15OP/c1-9(11(12)8-13)7-10-5-3-2-4-6-10/h2-6,9H,7-8,13H2,1H3. The predicted molar refractivity (Wildman–Crippen MR) is 58.9 cm³/mol. The van der Waals surface area contributed by atoms with E-state index in [0.717, 1.165) is 6.42 Å². The Kier molecular flexibility index (Phi) is 4.11. The first-order valence-electron chi connectivity index (χ1n) is 4.50. The molecular formula is C11H15OP.